The average molecular weight is 396 g/mol. The van der Waals surface area contributed by atoms with Crippen LogP contribution in [0.25, 0.3) is 0 Å². The normalized spacial score (nSPS) is 16.9. The topological polar surface area (TPSA) is 70.7 Å². The van der Waals surface area contributed by atoms with E-state index in [1.165, 1.54) is 0 Å². The molecule has 6 nitrogen and oxygen atoms in total. The van der Waals surface area contributed by atoms with Gasteiger partial charge < -0.3 is 20.3 Å². The number of carbonyl (C=O) groups is 2. The number of nitrogens with one attached hydrogen (secondary N) is 2. The molecule has 3 rings (SSSR count). The summed E-state index contributed by atoms with van der Waals surface area (Å²) in [7, 11) is 1.98. The van der Waals surface area contributed by atoms with Gasteiger partial charge in [-0.25, -0.2) is 0 Å². The Labute approximate surface area is 167 Å². The van der Waals surface area contributed by atoms with Crippen molar-refractivity contribution in [1.29, 1.82) is 0 Å². The number of amides is 2. The fraction of sp³-hybridized carbons (Fsp3) is 0.600. The molecule has 0 bridgehead atoms. The maximum absolute atomic E-state index is 12.3. The Morgan fingerprint density at radius 2 is 2.07 bits per heavy atom. The second kappa shape index (κ2) is 10.5. The van der Waals surface area contributed by atoms with E-state index < -0.39 is 0 Å². The number of hydrogen-bond donors (Lipinski definition) is 2. The highest BCUT2D eigenvalue weighted by molar-refractivity contribution is 5.94. The Balaban J connectivity index is 0.00000261. The quantitative estimate of drug-likeness (QED) is 0.696. The molecular formula is C20H30ClN3O3. The molecule has 0 atom stereocenters. The van der Waals surface area contributed by atoms with Crippen molar-refractivity contribution in [3.8, 4) is 5.75 Å². The zero-order valence-electron chi connectivity index (χ0n) is 16.0. The lowest BCUT2D eigenvalue weighted by Crippen LogP contribution is -2.40. The summed E-state index contributed by atoms with van der Waals surface area (Å²) in [4.78, 5) is 25.7. The van der Waals surface area contributed by atoms with E-state index in [4.69, 9.17) is 4.74 Å². The van der Waals surface area contributed by atoms with Crippen molar-refractivity contribution in [3.63, 3.8) is 0 Å². The maximum Gasteiger partial charge on any atom is 0.224 e. The number of carbonyl (C=O) groups excluding carboxylic acids is 2. The smallest absolute Gasteiger partial charge is 0.224 e. The highest BCUT2D eigenvalue weighted by Crippen LogP contribution is 2.27. The Hall–Kier alpha value is -1.79. The number of fused-ring (bicyclic) bond motifs is 1. The lowest BCUT2D eigenvalue weighted by molar-refractivity contribution is -0.132. The lowest BCUT2D eigenvalue weighted by atomic mass is 9.96. The van der Waals surface area contributed by atoms with Crippen LogP contribution in [-0.2, 0) is 16.0 Å². The first-order valence-corrected chi connectivity index (χ1v) is 9.63. The molecule has 0 saturated carbocycles. The molecule has 2 N–H and O–H groups in total. The molecule has 7 heteroatoms. The number of ether oxygens (including phenoxy) is 1. The zero-order chi connectivity index (χ0) is 18.4. The highest BCUT2D eigenvalue weighted by Gasteiger charge is 2.22. The molecule has 0 spiro atoms. The monoisotopic (exact) mass is 395 g/mol. The van der Waals surface area contributed by atoms with Gasteiger partial charge in [-0.1, -0.05) is 0 Å². The third-order valence-corrected chi connectivity index (χ3v) is 5.24. The summed E-state index contributed by atoms with van der Waals surface area (Å²) >= 11 is 0. The first-order chi connectivity index (χ1) is 12.7. The molecule has 27 heavy (non-hydrogen) atoms. The number of piperidine rings is 1. The van der Waals surface area contributed by atoms with Gasteiger partial charge >= 0.3 is 0 Å². The molecule has 1 saturated heterocycles. The molecule has 0 radical (unpaired) electrons. The van der Waals surface area contributed by atoms with Gasteiger partial charge in [0.05, 0.1) is 6.61 Å². The minimum absolute atomic E-state index is 0. The molecule has 0 aliphatic carbocycles. The maximum atomic E-state index is 12.3. The number of anilines is 1. The summed E-state index contributed by atoms with van der Waals surface area (Å²) in [6.07, 6.45) is 4.72. The van der Waals surface area contributed by atoms with Gasteiger partial charge in [-0.15, -0.1) is 12.4 Å². The Morgan fingerprint density at radius 1 is 1.30 bits per heavy atom. The summed E-state index contributed by atoms with van der Waals surface area (Å²) in [6.45, 7) is 3.33. The second-order valence-electron chi connectivity index (χ2n) is 7.20. The van der Waals surface area contributed by atoms with Crippen LogP contribution in [0, 0.1) is 5.92 Å². The third-order valence-electron chi connectivity index (χ3n) is 5.24. The molecule has 150 valence electrons. The fourth-order valence-corrected chi connectivity index (χ4v) is 3.70. The van der Waals surface area contributed by atoms with Gasteiger partial charge in [-0.05, 0) is 69.0 Å². The molecular weight excluding hydrogens is 366 g/mol. The van der Waals surface area contributed by atoms with E-state index in [9.17, 15) is 9.59 Å². The summed E-state index contributed by atoms with van der Waals surface area (Å²) < 4.78 is 5.79. The van der Waals surface area contributed by atoms with Gasteiger partial charge in [0.2, 0.25) is 11.8 Å². The third kappa shape index (κ3) is 6.11. The molecule has 2 amide bonds. The molecule has 2 heterocycles. The molecule has 1 aromatic carbocycles. The number of halogens is 1. The second-order valence-corrected chi connectivity index (χ2v) is 7.20. The molecule has 2 aliphatic heterocycles. The van der Waals surface area contributed by atoms with Gasteiger partial charge in [0.25, 0.3) is 0 Å². The summed E-state index contributed by atoms with van der Waals surface area (Å²) in [5, 5.41) is 6.09. The molecule has 0 unspecified atom stereocenters. The van der Waals surface area contributed by atoms with Crippen molar-refractivity contribution >= 4 is 29.9 Å². The van der Waals surface area contributed by atoms with Gasteiger partial charge in [-0.2, -0.15) is 0 Å². The van der Waals surface area contributed by atoms with E-state index >= 15 is 0 Å². The number of aryl methyl sites for hydroxylation is 1. The van der Waals surface area contributed by atoms with E-state index in [1.807, 2.05) is 30.1 Å². The van der Waals surface area contributed by atoms with Crippen molar-refractivity contribution in [2.75, 3.05) is 38.6 Å². The minimum atomic E-state index is 0. The first-order valence-electron chi connectivity index (χ1n) is 9.63. The van der Waals surface area contributed by atoms with Crippen molar-refractivity contribution in [3.05, 3.63) is 23.8 Å². The van der Waals surface area contributed by atoms with E-state index in [0.29, 0.717) is 25.4 Å². The predicted octanol–water partition coefficient (Wildman–Crippen LogP) is 2.61. The number of benzene rings is 1. The summed E-state index contributed by atoms with van der Waals surface area (Å²) in [5.74, 6) is 1.81. The van der Waals surface area contributed by atoms with Crippen LogP contribution in [-0.4, -0.2) is 50.0 Å². The zero-order valence-corrected chi connectivity index (χ0v) is 16.8. The van der Waals surface area contributed by atoms with E-state index in [0.717, 1.165) is 62.3 Å². The molecule has 2 aliphatic rings. The largest absolute Gasteiger partial charge is 0.494 e. The van der Waals surface area contributed by atoms with Gasteiger partial charge in [0.15, 0.2) is 0 Å². The highest BCUT2D eigenvalue weighted by atomic mass is 35.5. The minimum Gasteiger partial charge on any atom is -0.494 e. The summed E-state index contributed by atoms with van der Waals surface area (Å²) in [5.41, 5.74) is 1.99. The number of rotatable bonds is 7. The van der Waals surface area contributed by atoms with Crippen LogP contribution in [0.1, 0.15) is 37.7 Å². The number of likely N-dealkylation sites (tertiary alicyclic amines) is 1. The van der Waals surface area contributed by atoms with Crippen molar-refractivity contribution in [1.82, 2.24) is 10.2 Å². The summed E-state index contributed by atoms with van der Waals surface area (Å²) in [6, 6.07) is 5.75. The fourth-order valence-electron chi connectivity index (χ4n) is 3.70. The molecule has 1 aromatic rings. The Kier molecular flexibility index (Phi) is 8.38. The van der Waals surface area contributed by atoms with Crippen LogP contribution in [0.5, 0.6) is 5.75 Å². The van der Waals surface area contributed by atoms with Crippen molar-refractivity contribution in [2.45, 2.75) is 38.5 Å². The van der Waals surface area contributed by atoms with Gasteiger partial charge in [0, 0.05) is 31.6 Å². The number of nitrogens with zero attached hydrogens (tertiary/aromatic N) is 1. The molecule has 1 fully saturated rings. The van der Waals surface area contributed by atoms with Crippen LogP contribution >= 0.6 is 12.4 Å². The van der Waals surface area contributed by atoms with Crippen LogP contribution in [0.15, 0.2) is 18.2 Å². The van der Waals surface area contributed by atoms with Crippen molar-refractivity contribution in [2.24, 2.45) is 5.92 Å². The first kappa shape index (κ1) is 21.5. The standard InChI is InChI=1S/C20H29N3O3.ClH/c1-21-14-15-8-10-23(11-9-15)20(25)3-2-12-26-17-5-6-18-16(13-17)4-7-19(24)22-18;/h5-6,13,15,21H,2-4,7-12,14H2,1H3,(H,22,24);1H. The SMILES string of the molecule is CNCC1CCN(C(=O)CCCOc2ccc3c(c2)CCC(=O)N3)CC1.Cl. The van der Waals surface area contributed by atoms with Gasteiger partial charge in [0.1, 0.15) is 5.75 Å². The Morgan fingerprint density at radius 3 is 2.81 bits per heavy atom. The van der Waals surface area contributed by atoms with E-state index in [-0.39, 0.29) is 24.2 Å². The lowest BCUT2D eigenvalue weighted by Gasteiger charge is -2.32. The molecule has 0 aromatic heterocycles. The predicted molar refractivity (Wildman–Crippen MR) is 109 cm³/mol. The Bertz CT molecular complexity index is 645. The van der Waals surface area contributed by atoms with Crippen LogP contribution < -0.4 is 15.4 Å². The average Bonchev–Trinajstić information content (AvgIpc) is 2.66. The van der Waals surface area contributed by atoms with E-state index in [1.54, 1.807) is 0 Å². The number of hydrogen-bond acceptors (Lipinski definition) is 4. The van der Waals surface area contributed by atoms with E-state index in [2.05, 4.69) is 10.6 Å². The van der Waals surface area contributed by atoms with Crippen molar-refractivity contribution < 1.29 is 14.3 Å². The van der Waals surface area contributed by atoms with Gasteiger partial charge in [-0.3, -0.25) is 9.59 Å². The van der Waals surface area contributed by atoms with Crippen LogP contribution in [0.4, 0.5) is 5.69 Å². The van der Waals surface area contributed by atoms with Crippen LogP contribution in [0.3, 0.4) is 0 Å². The van der Waals surface area contributed by atoms with Crippen LogP contribution in [0.2, 0.25) is 0 Å².